The summed E-state index contributed by atoms with van der Waals surface area (Å²) in [7, 11) is 0. The molecule has 0 amide bonds. The largest absolute Gasteiger partial charge is 0.421 e. The van der Waals surface area contributed by atoms with E-state index in [0.717, 1.165) is 11.3 Å². The fraction of sp³-hybridized carbons (Fsp3) is 0.150. The van der Waals surface area contributed by atoms with E-state index in [0.29, 0.717) is 28.3 Å². The summed E-state index contributed by atoms with van der Waals surface area (Å²) in [6.07, 6.45) is 1.41. The molecule has 1 atom stereocenters. The molecule has 0 saturated heterocycles. The zero-order valence-electron chi connectivity index (χ0n) is 15.2. The fourth-order valence-corrected chi connectivity index (χ4v) is 2.62. The second-order valence-corrected chi connectivity index (χ2v) is 6.35. The van der Waals surface area contributed by atoms with Gasteiger partial charge in [-0.3, -0.25) is 0 Å². The third-order valence-corrected chi connectivity index (χ3v) is 4.06. The average Bonchev–Trinajstić information content (AvgIpc) is 3.14. The van der Waals surface area contributed by atoms with Crippen molar-refractivity contribution in [2.75, 3.05) is 5.73 Å². The van der Waals surface area contributed by atoms with Crippen molar-refractivity contribution in [1.29, 1.82) is 0 Å². The second-order valence-electron chi connectivity index (χ2n) is 6.35. The van der Waals surface area contributed by atoms with Crippen LogP contribution in [0.25, 0.3) is 22.3 Å². The molecule has 138 valence electrons. The Morgan fingerprint density at radius 1 is 1.14 bits per heavy atom. The SMILES string of the molecule is Cc1nnc([C@](C)(O)C#Cc2cccc(-c3ccc4ncnc(N)c4n3)c2)o1. The number of hydrogen-bond acceptors (Lipinski definition) is 8. The van der Waals surface area contributed by atoms with Crippen molar-refractivity contribution in [2.45, 2.75) is 19.4 Å². The van der Waals surface area contributed by atoms with E-state index in [9.17, 15) is 5.11 Å². The third kappa shape index (κ3) is 3.39. The summed E-state index contributed by atoms with van der Waals surface area (Å²) in [6, 6.07) is 11.2. The number of rotatable bonds is 2. The molecule has 0 radical (unpaired) electrons. The highest BCUT2D eigenvalue weighted by Crippen LogP contribution is 2.23. The van der Waals surface area contributed by atoms with Gasteiger partial charge in [-0.1, -0.05) is 24.0 Å². The first-order chi connectivity index (χ1) is 13.4. The fourth-order valence-electron chi connectivity index (χ4n) is 2.62. The highest BCUT2D eigenvalue weighted by atomic mass is 16.4. The van der Waals surface area contributed by atoms with E-state index in [1.54, 1.807) is 6.92 Å². The Kier molecular flexibility index (Phi) is 4.22. The molecule has 8 nitrogen and oxygen atoms in total. The number of aliphatic hydroxyl groups is 1. The lowest BCUT2D eigenvalue weighted by Gasteiger charge is -2.10. The number of anilines is 1. The Hall–Kier alpha value is -3.83. The van der Waals surface area contributed by atoms with Crippen molar-refractivity contribution in [3.05, 3.63) is 60.1 Å². The number of nitrogens with two attached hydrogens (primary N) is 1. The van der Waals surface area contributed by atoms with Crippen LogP contribution in [0.3, 0.4) is 0 Å². The number of fused-ring (bicyclic) bond motifs is 1. The topological polar surface area (TPSA) is 124 Å². The number of nitrogens with zero attached hydrogens (tertiary/aromatic N) is 5. The maximum atomic E-state index is 10.5. The van der Waals surface area contributed by atoms with Gasteiger partial charge in [0.2, 0.25) is 11.5 Å². The van der Waals surface area contributed by atoms with Crippen molar-refractivity contribution in [3.63, 3.8) is 0 Å². The van der Waals surface area contributed by atoms with Gasteiger partial charge in [-0.25, -0.2) is 15.0 Å². The summed E-state index contributed by atoms with van der Waals surface area (Å²) >= 11 is 0. The standard InChI is InChI=1S/C20H16N6O2/c1-12-25-26-19(28-12)20(2,27)9-8-13-4-3-5-14(10-13)15-6-7-16-17(24-15)18(21)23-11-22-16/h3-7,10-11,27H,1-2H3,(H2,21,22,23)/t20-/m1/s1. The van der Waals surface area contributed by atoms with Crippen molar-refractivity contribution >= 4 is 16.9 Å². The van der Waals surface area contributed by atoms with Gasteiger partial charge in [0.1, 0.15) is 11.8 Å². The predicted molar refractivity (Wildman–Crippen MR) is 103 cm³/mol. The van der Waals surface area contributed by atoms with E-state index in [1.807, 2.05) is 36.4 Å². The van der Waals surface area contributed by atoms with Crippen LogP contribution in [0.4, 0.5) is 5.82 Å². The van der Waals surface area contributed by atoms with Crippen LogP contribution in [0, 0.1) is 18.8 Å². The summed E-state index contributed by atoms with van der Waals surface area (Å²) in [4.78, 5) is 12.7. The molecule has 0 saturated carbocycles. The molecule has 3 aromatic heterocycles. The summed E-state index contributed by atoms with van der Waals surface area (Å²) in [5.74, 6) is 6.47. The maximum Gasteiger partial charge on any atom is 0.260 e. The number of hydrogen-bond donors (Lipinski definition) is 2. The van der Waals surface area contributed by atoms with Gasteiger partial charge in [-0.05, 0) is 31.2 Å². The van der Waals surface area contributed by atoms with E-state index >= 15 is 0 Å². The Balaban J connectivity index is 1.69. The molecule has 1 aromatic carbocycles. The summed E-state index contributed by atoms with van der Waals surface area (Å²) in [5.41, 5.74) is 7.85. The Bertz CT molecular complexity index is 1240. The van der Waals surface area contributed by atoms with Crippen molar-refractivity contribution < 1.29 is 9.52 Å². The first kappa shape index (κ1) is 17.6. The van der Waals surface area contributed by atoms with Crippen LogP contribution in [-0.4, -0.2) is 30.3 Å². The average molecular weight is 372 g/mol. The Morgan fingerprint density at radius 3 is 2.79 bits per heavy atom. The van der Waals surface area contributed by atoms with Crippen molar-refractivity contribution in [2.24, 2.45) is 0 Å². The quantitative estimate of drug-likeness (QED) is 0.513. The van der Waals surface area contributed by atoms with Crippen LogP contribution in [0.2, 0.25) is 0 Å². The number of aromatic nitrogens is 5. The molecule has 0 fully saturated rings. The Morgan fingerprint density at radius 2 is 2.00 bits per heavy atom. The van der Waals surface area contributed by atoms with E-state index in [-0.39, 0.29) is 5.89 Å². The molecule has 8 heteroatoms. The lowest BCUT2D eigenvalue weighted by molar-refractivity contribution is 0.0881. The highest BCUT2D eigenvalue weighted by Gasteiger charge is 2.27. The van der Waals surface area contributed by atoms with Gasteiger partial charge in [0.05, 0.1) is 11.2 Å². The summed E-state index contributed by atoms with van der Waals surface area (Å²) in [5, 5.41) is 18.0. The van der Waals surface area contributed by atoms with E-state index in [4.69, 9.17) is 10.2 Å². The zero-order valence-corrected chi connectivity index (χ0v) is 15.2. The summed E-state index contributed by atoms with van der Waals surface area (Å²) in [6.45, 7) is 3.16. The Labute approximate surface area is 160 Å². The van der Waals surface area contributed by atoms with Gasteiger partial charge in [-0.15, -0.1) is 10.2 Å². The van der Waals surface area contributed by atoms with Crippen LogP contribution < -0.4 is 5.73 Å². The molecule has 4 rings (SSSR count). The second kappa shape index (κ2) is 6.72. The highest BCUT2D eigenvalue weighted by molar-refractivity contribution is 5.85. The normalized spacial score (nSPS) is 13.0. The van der Waals surface area contributed by atoms with Crippen molar-refractivity contribution in [1.82, 2.24) is 25.1 Å². The lowest BCUT2D eigenvalue weighted by Crippen LogP contribution is -2.19. The number of nitrogen functional groups attached to an aromatic ring is 1. The van der Waals surface area contributed by atoms with Gasteiger partial charge in [0, 0.05) is 18.1 Å². The molecule has 0 aliphatic heterocycles. The lowest BCUT2D eigenvalue weighted by atomic mass is 10.0. The maximum absolute atomic E-state index is 10.5. The molecule has 3 N–H and O–H groups in total. The zero-order chi connectivity index (χ0) is 19.7. The van der Waals surface area contributed by atoms with Crippen molar-refractivity contribution in [3.8, 4) is 23.1 Å². The van der Waals surface area contributed by atoms with Crippen LogP contribution in [-0.2, 0) is 5.60 Å². The van der Waals surface area contributed by atoms with Crippen LogP contribution in [0.5, 0.6) is 0 Å². The van der Waals surface area contributed by atoms with Gasteiger partial charge in [0.25, 0.3) is 5.89 Å². The van der Waals surface area contributed by atoms with Crippen LogP contribution >= 0.6 is 0 Å². The minimum atomic E-state index is -1.55. The number of pyridine rings is 1. The molecule has 28 heavy (non-hydrogen) atoms. The molecule has 0 unspecified atom stereocenters. The molecule has 0 aliphatic rings. The first-order valence-corrected chi connectivity index (χ1v) is 8.46. The smallest absolute Gasteiger partial charge is 0.260 e. The minimum absolute atomic E-state index is 0.0559. The number of benzene rings is 1. The first-order valence-electron chi connectivity index (χ1n) is 8.46. The molecule has 4 aromatic rings. The minimum Gasteiger partial charge on any atom is -0.421 e. The van der Waals surface area contributed by atoms with Gasteiger partial charge >= 0.3 is 0 Å². The van der Waals surface area contributed by atoms with Crippen LogP contribution in [0.15, 0.2) is 47.1 Å². The van der Waals surface area contributed by atoms with E-state index in [2.05, 4.69) is 37.0 Å². The molecular formula is C20H16N6O2. The summed E-state index contributed by atoms with van der Waals surface area (Å²) < 4.78 is 5.27. The number of aryl methyl sites for hydroxylation is 1. The molecule has 0 bridgehead atoms. The van der Waals surface area contributed by atoms with Gasteiger partial charge < -0.3 is 15.3 Å². The molecule has 0 spiro atoms. The monoisotopic (exact) mass is 372 g/mol. The molecular weight excluding hydrogens is 356 g/mol. The van der Waals surface area contributed by atoms with Crippen LogP contribution in [0.1, 0.15) is 24.3 Å². The van der Waals surface area contributed by atoms with E-state index in [1.165, 1.54) is 13.3 Å². The predicted octanol–water partition coefficient (Wildman–Crippen LogP) is 2.22. The molecule has 3 heterocycles. The van der Waals surface area contributed by atoms with Gasteiger partial charge in [0.15, 0.2) is 5.82 Å². The molecule has 0 aliphatic carbocycles. The van der Waals surface area contributed by atoms with E-state index < -0.39 is 5.60 Å². The third-order valence-electron chi connectivity index (χ3n) is 4.06. The van der Waals surface area contributed by atoms with Gasteiger partial charge in [-0.2, -0.15) is 0 Å².